The summed E-state index contributed by atoms with van der Waals surface area (Å²) in [5.41, 5.74) is 2.11. The fraction of sp³-hybridized carbons (Fsp3) is 0.174. The maximum atomic E-state index is 13.4. The number of carbonyl (C=O) groups is 1. The largest absolute Gasteiger partial charge is 0.461 e. The van der Waals surface area contributed by atoms with Gasteiger partial charge in [0.05, 0.1) is 18.1 Å². The van der Waals surface area contributed by atoms with Gasteiger partial charge in [0.25, 0.3) is 5.91 Å². The molecule has 2 aromatic heterocycles. The first kappa shape index (κ1) is 20.3. The van der Waals surface area contributed by atoms with Crippen molar-refractivity contribution in [1.82, 2.24) is 14.8 Å². The topological polar surface area (TPSA) is 82.2 Å². The van der Waals surface area contributed by atoms with Gasteiger partial charge in [0.15, 0.2) is 5.76 Å². The van der Waals surface area contributed by atoms with Gasteiger partial charge in [-0.05, 0) is 80.9 Å². The quantitative estimate of drug-likeness (QED) is 0.474. The van der Waals surface area contributed by atoms with Crippen LogP contribution in [0, 0.1) is 12.7 Å². The van der Waals surface area contributed by atoms with Crippen molar-refractivity contribution in [3.8, 4) is 23.3 Å². The molecule has 4 aromatic rings. The number of hydrogen-bond acceptors (Lipinski definition) is 5. The van der Waals surface area contributed by atoms with Crippen LogP contribution in [0.4, 0.5) is 10.1 Å². The third-order valence-electron chi connectivity index (χ3n) is 4.46. The maximum absolute atomic E-state index is 13.4. The molecule has 0 spiro atoms. The summed E-state index contributed by atoms with van der Waals surface area (Å²) in [5.74, 6) is 0.386. The lowest BCUT2D eigenvalue weighted by atomic mass is 10.1. The van der Waals surface area contributed by atoms with Crippen LogP contribution in [0.5, 0.6) is 6.01 Å². The Morgan fingerprint density at radius 3 is 2.58 bits per heavy atom. The Morgan fingerprint density at radius 2 is 1.94 bits per heavy atom. The average Bonchev–Trinajstić information content (AvgIpc) is 3.40. The zero-order valence-electron chi connectivity index (χ0n) is 17.3. The van der Waals surface area contributed by atoms with E-state index >= 15 is 0 Å². The van der Waals surface area contributed by atoms with Gasteiger partial charge in [-0.15, -0.1) is 5.10 Å². The molecule has 1 N–H and O–H groups in total. The van der Waals surface area contributed by atoms with E-state index < -0.39 is 0 Å². The van der Waals surface area contributed by atoms with Crippen LogP contribution in [0.25, 0.3) is 17.3 Å². The molecule has 8 heteroatoms. The normalized spacial score (nSPS) is 11.0. The maximum Gasteiger partial charge on any atom is 0.336 e. The van der Waals surface area contributed by atoms with E-state index in [1.54, 1.807) is 54.3 Å². The highest BCUT2D eigenvalue weighted by molar-refractivity contribution is 6.04. The molecular formula is C23H21FN4O3. The summed E-state index contributed by atoms with van der Waals surface area (Å²) in [7, 11) is 0. The molecule has 158 valence electrons. The van der Waals surface area contributed by atoms with Crippen molar-refractivity contribution < 1.29 is 18.3 Å². The number of rotatable bonds is 6. The summed E-state index contributed by atoms with van der Waals surface area (Å²) < 4.78 is 26.2. The molecule has 0 aliphatic carbocycles. The number of carbonyl (C=O) groups excluding carboxylic acids is 1. The van der Waals surface area contributed by atoms with E-state index in [2.05, 4.69) is 15.4 Å². The molecule has 0 fully saturated rings. The fourth-order valence-corrected chi connectivity index (χ4v) is 2.97. The Kier molecular flexibility index (Phi) is 5.53. The van der Waals surface area contributed by atoms with Gasteiger partial charge in [-0.2, -0.15) is 4.98 Å². The van der Waals surface area contributed by atoms with Crippen LogP contribution in [0.1, 0.15) is 29.8 Å². The van der Waals surface area contributed by atoms with Crippen LogP contribution in [0.3, 0.4) is 0 Å². The average molecular weight is 420 g/mol. The summed E-state index contributed by atoms with van der Waals surface area (Å²) in [6.45, 7) is 5.41. The van der Waals surface area contributed by atoms with Gasteiger partial charge < -0.3 is 14.5 Å². The monoisotopic (exact) mass is 420 g/mol. The van der Waals surface area contributed by atoms with Gasteiger partial charge in [0.1, 0.15) is 5.82 Å². The highest BCUT2D eigenvalue weighted by Crippen LogP contribution is 2.25. The predicted octanol–water partition coefficient (Wildman–Crippen LogP) is 5.01. The van der Waals surface area contributed by atoms with E-state index in [0.29, 0.717) is 34.1 Å². The number of nitrogens with one attached hydrogen (secondary N) is 1. The number of benzene rings is 2. The molecule has 0 saturated carbocycles. The Labute approximate surface area is 178 Å². The molecule has 0 bridgehead atoms. The lowest BCUT2D eigenvalue weighted by molar-refractivity contribution is 0.102. The van der Waals surface area contributed by atoms with Gasteiger partial charge in [-0.25, -0.2) is 9.07 Å². The van der Waals surface area contributed by atoms with Gasteiger partial charge in [-0.3, -0.25) is 4.79 Å². The predicted molar refractivity (Wildman–Crippen MR) is 114 cm³/mol. The second-order valence-electron chi connectivity index (χ2n) is 7.24. The van der Waals surface area contributed by atoms with Crippen molar-refractivity contribution in [3.05, 3.63) is 77.8 Å². The van der Waals surface area contributed by atoms with E-state index in [4.69, 9.17) is 9.15 Å². The van der Waals surface area contributed by atoms with Crippen molar-refractivity contribution in [3.63, 3.8) is 0 Å². The number of aromatic nitrogens is 3. The number of aryl methyl sites for hydroxylation is 1. The van der Waals surface area contributed by atoms with Crippen LogP contribution in [0.2, 0.25) is 0 Å². The van der Waals surface area contributed by atoms with E-state index in [1.807, 2.05) is 13.8 Å². The molecule has 0 aliphatic rings. The Balaban J connectivity index is 1.58. The number of ether oxygens (including phenoxy) is 1. The standard InChI is InChI=1S/C23H21FN4O3/c1-14(2)31-23-26-21(20-5-4-12-30-20)28(27-23)18-9-7-17(8-10-18)25-22(29)16-6-11-19(24)15(3)13-16/h4-14H,1-3H3,(H,25,29). The summed E-state index contributed by atoms with van der Waals surface area (Å²) in [4.78, 5) is 16.9. The molecule has 7 nitrogen and oxygen atoms in total. The molecule has 0 saturated heterocycles. The Morgan fingerprint density at radius 1 is 1.16 bits per heavy atom. The van der Waals surface area contributed by atoms with E-state index in [0.717, 1.165) is 0 Å². The van der Waals surface area contributed by atoms with Crippen LogP contribution in [-0.2, 0) is 0 Å². The van der Waals surface area contributed by atoms with Crippen molar-refractivity contribution >= 4 is 11.6 Å². The van der Waals surface area contributed by atoms with E-state index in [1.165, 1.54) is 18.2 Å². The smallest absolute Gasteiger partial charge is 0.336 e. The highest BCUT2D eigenvalue weighted by Gasteiger charge is 2.17. The molecular weight excluding hydrogens is 399 g/mol. The van der Waals surface area contributed by atoms with Crippen LogP contribution >= 0.6 is 0 Å². The third-order valence-corrected chi connectivity index (χ3v) is 4.46. The van der Waals surface area contributed by atoms with Gasteiger partial charge >= 0.3 is 6.01 Å². The molecule has 0 unspecified atom stereocenters. The molecule has 4 rings (SSSR count). The molecule has 2 heterocycles. The van der Waals surface area contributed by atoms with Gasteiger partial charge in [0.2, 0.25) is 5.82 Å². The van der Waals surface area contributed by atoms with Crippen molar-refractivity contribution in [2.75, 3.05) is 5.32 Å². The Hall–Kier alpha value is -3.94. The molecule has 0 aliphatic heterocycles. The second kappa shape index (κ2) is 8.43. The second-order valence-corrected chi connectivity index (χ2v) is 7.24. The minimum absolute atomic E-state index is 0.0759. The zero-order chi connectivity index (χ0) is 22.0. The SMILES string of the molecule is Cc1cc(C(=O)Nc2ccc(-n3nc(OC(C)C)nc3-c3ccco3)cc2)ccc1F. The highest BCUT2D eigenvalue weighted by atomic mass is 19.1. The summed E-state index contributed by atoms with van der Waals surface area (Å²) in [6, 6.07) is 15.1. The van der Waals surface area contributed by atoms with Crippen LogP contribution in [-0.4, -0.2) is 26.8 Å². The lowest BCUT2D eigenvalue weighted by Crippen LogP contribution is -2.12. The zero-order valence-corrected chi connectivity index (χ0v) is 17.3. The molecule has 2 aromatic carbocycles. The van der Waals surface area contributed by atoms with Gasteiger partial charge in [0, 0.05) is 11.3 Å². The minimum Gasteiger partial charge on any atom is -0.461 e. The summed E-state index contributed by atoms with van der Waals surface area (Å²) >= 11 is 0. The molecule has 1 amide bonds. The van der Waals surface area contributed by atoms with E-state index in [9.17, 15) is 9.18 Å². The first-order valence-electron chi connectivity index (χ1n) is 9.76. The minimum atomic E-state index is -0.345. The van der Waals surface area contributed by atoms with Crippen molar-refractivity contribution in [2.45, 2.75) is 26.9 Å². The van der Waals surface area contributed by atoms with Crippen LogP contribution in [0.15, 0.2) is 65.3 Å². The summed E-state index contributed by atoms with van der Waals surface area (Å²) in [5, 5.41) is 7.24. The van der Waals surface area contributed by atoms with Gasteiger partial charge in [-0.1, -0.05) is 0 Å². The first-order valence-corrected chi connectivity index (χ1v) is 9.76. The number of nitrogens with zero attached hydrogens (tertiary/aromatic N) is 3. The number of halogens is 1. The first-order chi connectivity index (χ1) is 14.9. The van der Waals surface area contributed by atoms with Crippen molar-refractivity contribution in [2.24, 2.45) is 0 Å². The molecule has 31 heavy (non-hydrogen) atoms. The number of anilines is 1. The summed E-state index contributed by atoms with van der Waals surface area (Å²) in [6.07, 6.45) is 1.49. The number of hydrogen-bond donors (Lipinski definition) is 1. The fourth-order valence-electron chi connectivity index (χ4n) is 2.97. The van der Waals surface area contributed by atoms with Crippen molar-refractivity contribution in [1.29, 1.82) is 0 Å². The molecule has 0 atom stereocenters. The number of furan rings is 1. The Bertz CT molecular complexity index is 1200. The van der Waals surface area contributed by atoms with Crippen LogP contribution < -0.4 is 10.1 Å². The molecule has 0 radical (unpaired) electrons. The third kappa shape index (κ3) is 4.48. The number of amides is 1. The van der Waals surface area contributed by atoms with E-state index in [-0.39, 0.29) is 23.8 Å². The lowest BCUT2D eigenvalue weighted by Gasteiger charge is -2.08.